The molecule has 0 amide bonds. The van der Waals surface area contributed by atoms with E-state index in [1.807, 2.05) is 45.0 Å². The molecule has 0 N–H and O–H groups in total. The molecule has 0 spiro atoms. The third-order valence-electron chi connectivity index (χ3n) is 1.87. The van der Waals surface area contributed by atoms with Gasteiger partial charge in [-0.1, -0.05) is 23.8 Å². The molecule has 0 bridgehead atoms. The summed E-state index contributed by atoms with van der Waals surface area (Å²) in [4.78, 5) is 11.6. The predicted molar refractivity (Wildman–Crippen MR) is 60.8 cm³/mol. The Morgan fingerprint density at radius 2 is 1.87 bits per heavy atom. The van der Waals surface area contributed by atoms with Crippen LogP contribution in [0.1, 0.15) is 31.1 Å². The average molecular weight is 204 g/mol. The summed E-state index contributed by atoms with van der Waals surface area (Å²) in [5.41, 5.74) is 1.73. The molecule has 1 unspecified atom stereocenters. The minimum absolute atomic E-state index is 0.178. The second-order valence-corrected chi connectivity index (χ2v) is 3.72. The van der Waals surface area contributed by atoms with Crippen molar-refractivity contribution in [2.45, 2.75) is 26.9 Å². The van der Waals surface area contributed by atoms with Gasteiger partial charge in [-0.3, -0.25) is 0 Å². The van der Waals surface area contributed by atoms with E-state index in [9.17, 15) is 4.79 Å². The summed E-state index contributed by atoms with van der Waals surface area (Å²) in [6.45, 7) is 5.81. The smallest absolute Gasteiger partial charge is 0.338 e. The molecule has 1 aromatic rings. The van der Waals surface area contributed by atoms with Crippen molar-refractivity contribution in [2.24, 2.45) is 0 Å². The van der Waals surface area contributed by atoms with Gasteiger partial charge < -0.3 is 4.74 Å². The van der Waals surface area contributed by atoms with Gasteiger partial charge in [-0.15, -0.1) is 0 Å². The van der Waals surface area contributed by atoms with Crippen LogP contribution in [0.2, 0.25) is 0 Å². The Hall–Kier alpha value is -1.57. The molecule has 1 aromatic carbocycles. The second kappa shape index (κ2) is 5.35. The topological polar surface area (TPSA) is 26.3 Å². The van der Waals surface area contributed by atoms with Crippen LogP contribution < -0.4 is 0 Å². The van der Waals surface area contributed by atoms with Gasteiger partial charge in [0.15, 0.2) is 0 Å². The Morgan fingerprint density at radius 3 is 2.40 bits per heavy atom. The van der Waals surface area contributed by atoms with Gasteiger partial charge in [0.1, 0.15) is 6.10 Å². The Balaban J connectivity index is 2.61. The summed E-state index contributed by atoms with van der Waals surface area (Å²) in [6.07, 6.45) is 1.74. The molecule has 80 valence electrons. The molecule has 0 fully saturated rings. The van der Waals surface area contributed by atoms with Crippen molar-refractivity contribution in [2.75, 3.05) is 0 Å². The minimum Gasteiger partial charge on any atom is -0.455 e. The maximum absolute atomic E-state index is 11.6. The number of carbonyl (C=O) groups is 1. The van der Waals surface area contributed by atoms with Gasteiger partial charge in [-0.2, -0.15) is 0 Å². The van der Waals surface area contributed by atoms with Crippen LogP contribution >= 0.6 is 0 Å². The van der Waals surface area contributed by atoms with Gasteiger partial charge in [0.2, 0.25) is 0 Å². The number of benzene rings is 1. The van der Waals surface area contributed by atoms with Crippen molar-refractivity contribution < 1.29 is 9.53 Å². The van der Waals surface area contributed by atoms with Crippen molar-refractivity contribution in [1.82, 2.24) is 0 Å². The number of hydrogen-bond acceptors (Lipinski definition) is 2. The molecule has 0 heterocycles. The van der Waals surface area contributed by atoms with Crippen LogP contribution in [-0.4, -0.2) is 12.1 Å². The van der Waals surface area contributed by atoms with E-state index in [0.717, 1.165) is 5.57 Å². The standard InChI is InChI=1S/C13H16O2/c1-10(2)9-11(3)15-13(14)12-7-5-4-6-8-12/h4-9,11H,1-3H3. The zero-order valence-corrected chi connectivity index (χ0v) is 9.36. The van der Waals surface area contributed by atoms with Crippen LogP contribution in [0.5, 0.6) is 0 Å². The molecule has 1 rings (SSSR count). The summed E-state index contributed by atoms with van der Waals surface area (Å²) >= 11 is 0. The van der Waals surface area contributed by atoms with Gasteiger partial charge in [0.25, 0.3) is 0 Å². The van der Waals surface area contributed by atoms with E-state index in [1.54, 1.807) is 12.1 Å². The molecule has 2 heteroatoms. The van der Waals surface area contributed by atoms with Crippen molar-refractivity contribution in [3.05, 3.63) is 47.5 Å². The molecule has 0 aliphatic heterocycles. The van der Waals surface area contributed by atoms with E-state index in [1.165, 1.54) is 0 Å². The van der Waals surface area contributed by atoms with Crippen LogP contribution in [0.15, 0.2) is 42.0 Å². The molecule has 2 nitrogen and oxygen atoms in total. The SMILES string of the molecule is CC(C)=CC(C)OC(=O)c1ccccc1. The Morgan fingerprint density at radius 1 is 1.27 bits per heavy atom. The lowest BCUT2D eigenvalue weighted by atomic mass is 10.2. The van der Waals surface area contributed by atoms with E-state index in [2.05, 4.69) is 0 Å². The number of hydrogen-bond donors (Lipinski definition) is 0. The van der Waals surface area contributed by atoms with Crippen LogP contribution in [0.4, 0.5) is 0 Å². The highest BCUT2D eigenvalue weighted by atomic mass is 16.5. The third kappa shape index (κ3) is 3.98. The van der Waals surface area contributed by atoms with Gasteiger partial charge in [-0.25, -0.2) is 4.79 Å². The van der Waals surface area contributed by atoms with Gasteiger partial charge in [0.05, 0.1) is 5.56 Å². The molecule has 0 saturated heterocycles. The fourth-order valence-corrected chi connectivity index (χ4v) is 1.31. The van der Waals surface area contributed by atoms with Crippen LogP contribution in [-0.2, 0) is 4.74 Å². The number of esters is 1. The molecule has 15 heavy (non-hydrogen) atoms. The van der Waals surface area contributed by atoms with Gasteiger partial charge in [-0.05, 0) is 39.0 Å². The monoisotopic (exact) mass is 204 g/mol. The fraction of sp³-hybridized carbons (Fsp3) is 0.308. The van der Waals surface area contributed by atoms with Crippen LogP contribution in [0.25, 0.3) is 0 Å². The highest BCUT2D eigenvalue weighted by Crippen LogP contribution is 2.05. The largest absolute Gasteiger partial charge is 0.455 e. The molecule has 0 aromatic heterocycles. The number of carbonyl (C=O) groups excluding carboxylic acids is 1. The molecule has 1 atom stereocenters. The van der Waals surface area contributed by atoms with Crippen molar-refractivity contribution in [3.63, 3.8) is 0 Å². The van der Waals surface area contributed by atoms with E-state index in [-0.39, 0.29) is 12.1 Å². The van der Waals surface area contributed by atoms with Crippen LogP contribution in [0, 0.1) is 0 Å². The molecular formula is C13H16O2. The Labute approximate surface area is 90.6 Å². The maximum Gasteiger partial charge on any atom is 0.338 e. The zero-order valence-electron chi connectivity index (χ0n) is 9.36. The third-order valence-corrected chi connectivity index (χ3v) is 1.87. The van der Waals surface area contributed by atoms with Crippen molar-refractivity contribution in [1.29, 1.82) is 0 Å². The summed E-state index contributed by atoms with van der Waals surface area (Å²) in [7, 11) is 0. The first-order chi connectivity index (χ1) is 7.09. The lowest BCUT2D eigenvalue weighted by Gasteiger charge is -2.09. The number of allylic oxidation sites excluding steroid dienone is 1. The summed E-state index contributed by atoms with van der Waals surface area (Å²) in [6, 6.07) is 9.01. The van der Waals surface area contributed by atoms with E-state index in [0.29, 0.717) is 5.56 Å². The lowest BCUT2D eigenvalue weighted by Crippen LogP contribution is -2.13. The van der Waals surface area contributed by atoms with Crippen molar-refractivity contribution in [3.8, 4) is 0 Å². The second-order valence-electron chi connectivity index (χ2n) is 3.72. The normalized spacial score (nSPS) is 11.7. The van der Waals surface area contributed by atoms with Crippen molar-refractivity contribution >= 4 is 5.97 Å². The molecule has 0 aliphatic rings. The average Bonchev–Trinajstić information content (AvgIpc) is 2.17. The number of rotatable bonds is 3. The molecule has 0 radical (unpaired) electrons. The fourth-order valence-electron chi connectivity index (χ4n) is 1.31. The van der Waals surface area contributed by atoms with Crippen LogP contribution in [0.3, 0.4) is 0 Å². The summed E-state index contributed by atoms with van der Waals surface area (Å²) in [5, 5.41) is 0. The molecule has 0 aliphatic carbocycles. The number of ether oxygens (including phenoxy) is 1. The Bertz CT molecular complexity index is 348. The summed E-state index contributed by atoms with van der Waals surface area (Å²) in [5.74, 6) is -0.277. The van der Waals surface area contributed by atoms with E-state index >= 15 is 0 Å². The minimum atomic E-state index is -0.277. The first-order valence-electron chi connectivity index (χ1n) is 5.00. The molecular weight excluding hydrogens is 188 g/mol. The summed E-state index contributed by atoms with van der Waals surface area (Å²) < 4.78 is 5.23. The molecule has 0 saturated carbocycles. The van der Waals surface area contributed by atoms with E-state index < -0.39 is 0 Å². The highest BCUT2D eigenvalue weighted by Gasteiger charge is 2.08. The first-order valence-corrected chi connectivity index (χ1v) is 5.00. The van der Waals surface area contributed by atoms with Gasteiger partial charge >= 0.3 is 5.97 Å². The van der Waals surface area contributed by atoms with E-state index in [4.69, 9.17) is 4.74 Å². The lowest BCUT2D eigenvalue weighted by molar-refractivity contribution is 0.0423. The first kappa shape index (κ1) is 11.5. The highest BCUT2D eigenvalue weighted by molar-refractivity contribution is 5.89. The quantitative estimate of drug-likeness (QED) is 0.558. The Kier molecular flexibility index (Phi) is 4.10. The zero-order chi connectivity index (χ0) is 11.3. The van der Waals surface area contributed by atoms with Gasteiger partial charge in [0, 0.05) is 0 Å². The maximum atomic E-state index is 11.6. The predicted octanol–water partition coefficient (Wildman–Crippen LogP) is 3.20.